The minimum Gasteiger partial charge on any atom is -0.382 e. The summed E-state index contributed by atoms with van der Waals surface area (Å²) in [4.78, 5) is 18.0. The molecule has 2 rings (SSSR count). The molecule has 9 heteroatoms. The van der Waals surface area contributed by atoms with Gasteiger partial charge >= 0.3 is 0 Å². The molecule has 1 aliphatic rings. The Morgan fingerprint density at radius 2 is 2.35 bits per heavy atom. The molecule has 1 fully saturated rings. The van der Waals surface area contributed by atoms with E-state index >= 15 is 0 Å². The molecule has 0 radical (unpaired) electrons. The van der Waals surface area contributed by atoms with Gasteiger partial charge in [-0.25, -0.2) is 13.8 Å². The molecule has 1 aliphatic heterocycles. The van der Waals surface area contributed by atoms with Crippen LogP contribution in [-0.2, 0) is 0 Å². The van der Waals surface area contributed by atoms with Crippen LogP contribution in [0.1, 0.15) is 22.5 Å². The SMILES string of the molecule is Nc1nc(N2CCCC(N)C2)sc1C(=O)NCC(F)F. The van der Waals surface area contributed by atoms with E-state index in [1.807, 2.05) is 4.90 Å². The number of alkyl halides is 2. The molecule has 0 aliphatic carbocycles. The number of thiazole rings is 1. The second-order valence-electron chi connectivity index (χ2n) is 4.66. The molecule has 5 N–H and O–H groups in total. The summed E-state index contributed by atoms with van der Waals surface area (Å²) in [5.74, 6) is -0.552. The fourth-order valence-corrected chi connectivity index (χ4v) is 2.99. The van der Waals surface area contributed by atoms with Crippen LogP contribution in [0.25, 0.3) is 0 Å². The molecule has 0 bridgehead atoms. The summed E-state index contributed by atoms with van der Waals surface area (Å²) >= 11 is 1.11. The summed E-state index contributed by atoms with van der Waals surface area (Å²) in [5.41, 5.74) is 11.6. The molecule has 0 saturated carbocycles. The summed E-state index contributed by atoms with van der Waals surface area (Å²) in [7, 11) is 0. The maximum Gasteiger partial charge on any atom is 0.265 e. The number of anilines is 2. The Balaban J connectivity index is 2.06. The number of carbonyl (C=O) groups excluding carboxylic acids is 1. The number of nitrogens with two attached hydrogens (primary N) is 2. The minimum atomic E-state index is -2.59. The van der Waals surface area contributed by atoms with E-state index in [1.54, 1.807) is 0 Å². The smallest absolute Gasteiger partial charge is 0.265 e. The maximum absolute atomic E-state index is 12.1. The van der Waals surface area contributed by atoms with Crippen molar-refractivity contribution in [2.24, 2.45) is 5.73 Å². The van der Waals surface area contributed by atoms with Crippen LogP contribution in [0.4, 0.5) is 19.7 Å². The van der Waals surface area contributed by atoms with Gasteiger partial charge in [-0.15, -0.1) is 0 Å². The number of halogens is 2. The fourth-order valence-electron chi connectivity index (χ4n) is 2.05. The van der Waals surface area contributed by atoms with Crippen molar-refractivity contribution >= 4 is 28.2 Å². The van der Waals surface area contributed by atoms with Crippen LogP contribution in [0.3, 0.4) is 0 Å². The standard InChI is InChI=1S/C11H17F2N5OS/c12-7(13)4-16-10(19)8-9(15)17-11(20-8)18-3-1-2-6(14)5-18/h6-7H,1-5,14-15H2,(H,16,19). The zero-order valence-electron chi connectivity index (χ0n) is 10.8. The van der Waals surface area contributed by atoms with Crippen molar-refractivity contribution in [1.29, 1.82) is 0 Å². The van der Waals surface area contributed by atoms with Crippen LogP contribution in [-0.4, -0.2) is 43.0 Å². The van der Waals surface area contributed by atoms with Crippen molar-refractivity contribution < 1.29 is 13.6 Å². The van der Waals surface area contributed by atoms with Gasteiger partial charge in [0.2, 0.25) is 0 Å². The number of nitrogen functional groups attached to an aromatic ring is 1. The van der Waals surface area contributed by atoms with Crippen molar-refractivity contribution in [2.75, 3.05) is 30.3 Å². The fraction of sp³-hybridized carbons (Fsp3) is 0.636. The normalized spacial score (nSPS) is 19.4. The third-order valence-corrected chi connectivity index (χ3v) is 4.12. The number of nitrogens with one attached hydrogen (secondary N) is 1. The molecule has 1 atom stereocenters. The zero-order valence-corrected chi connectivity index (χ0v) is 11.6. The van der Waals surface area contributed by atoms with E-state index in [0.717, 1.165) is 30.7 Å². The quantitative estimate of drug-likeness (QED) is 0.759. The van der Waals surface area contributed by atoms with Crippen LogP contribution in [0.5, 0.6) is 0 Å². The molecule has 0 aromatic carbocycles. The average Bonchev–Trinajstić information content (AvgIpc) is 2.78. The number of carbonyl (C=O) groups is 1. The minimum absolute atomic E-state index is 0.0657. The van der Waals surface area contributed by atoms with Gasteiger partial charge in [0.15, 0.2) is 5.13 Å². The molecule has 2 heterocycles. The van der Waals surface area contributed by atoms with Gasteiger partial charge in [-0.3, -0.25) is 4.79 Å². The summed E-state index contributed by atoms with van der Waals surface area (Å²) in [6.45, 7) is 0.768. The first-order valence-electron chi connectivity index (χ1n) is 6.30. The number of hydrogen-bond donors (Lipinski definition) is 3. The second-order valence-corrected chi connectivity index (χ2v) is 5.64. The van der Waals surface area contributed by atoms with Gasteiger partial charge < -0.3 is 21.7 Å². The summed E-state index contributed by atoms with van der Waals surface area (Å²) < 4.78 is 24.1. The van der Waals surface area contributed by atoms with Crippen LogP contribution >= 0.6 is 11.3 Å². The Morgan fingerprint density at radius 3 is 3.00 bits per heavy atom. The predicted octanol–water partition coefficient (Wildman–Crippen LogP) is 0.648. The molecule has 6 nitrogen and oxygen atoms in total. The lowest BCUT2D eigenvalue weighted by atomic mass is 10.1. The monoisotopic (exact) mass is 305 g/mol. The van der Waals surface area contributed by atoms with Crippen molar-refractivity contribution in [3.8, 4) is 0 Å². The van der Waals surface area contributed by atoms with Crippen molar-refractivity contribution in [2.45, 2.75) is 25.3 Å². The van der Waals surface area contributed by atoms with Gasteiger partial charge in [-0.2, -0.15) is 0 Å². The van der Waals surface area contributed by atoms with Gasteiger partial charge in [0.05, 0.1) is 6.54 Å². The lowest BCUT2D eigenvalue weighted by Gasteiger charge is -2.30. The van der Waals surface area contributed by atoms with Crippen LogP contribution in [0.15, 0.2) is 0 Å². The van der Waals surface area contributed by atoms with E-state index in [9.17, 15) is 13.6 Å². The average molecular weight is 305 g/mol. The number of piperidine rings is 1. The van der Waals surface area contributed by atoms with Gasteiger partial charge in [0.1, 0.15) is 10.7 Å². The predicted molar refractivity (Wildman–Crippen MR) is 74.3 cm³/mol. The maximum atomic E-state index is 12.1. The first kappa shape index (κ1) is 14.9. The summed E-state index contributed by atoms with van der Waals surface area (Å²) in [6.07, 6.45) is -0.681. The molecule has 1 aromatic heterocycles. The number of rotatable bonds is 4. The van der Waals surface area contributed by atoms with E-state index in [2.05, 4.69) is 10.3 Å². The third kappa shape index (κ3) is 3.54. The van der Waals surface area contributed by atoms with E-state index in [4.69, 9.17) is 11.5 Å². The molecular formula is C11H17F2N5OS. The van der Waals surface area contributed by atoms with E-state index in [-0.39, 0.29) is 16.7 Å². The Hall–Kier alpha value is -1.48. The molecule has 20 heavy (non-hydrogen) atoms. The Bertz CT molecular complexity index is 481. The number of aromatic nitrogens is 1. The van der Waals surface area contributed by atoms with Crippen molar-refractivity contribution in [3.63, 3.8) is 0 Å². The van der Waals surface area contributed by atoms with E-state index in [0.29, 0.717) is 11.7 Å². The van der Waals surface area contributed by atoms with Gasteiger partial charge in [-0.1, -0.05) is 11.3 Å². The Morgan fingerprint density at radius 1 is 1.60 bits per heavy atom. The van der Waals surface area contributed by atoms with Gasteiger partial charge in [0.25, 0.3) is 12.3 Å². The highest BCUT2D eigenvalue weighted by Crippen LogP contribution is 2.29. The molecule has 1 aromatic rings. The molecular weight excluding hydrogens is 288 g/mol. The molecule has 112 valence electrons. The first-order valence-corrected chi connectivity index (χ1v) is 7.12. The summed E-state index contributed by atoms with van der Waals surface area (Å²) in [5, 5.41) is 2.73. The van der Waals surface area contributed by atoms with Crippen molar-refractivity contribution in [3.05, 3.63) is 4.88 Å². The number of amides is 1. The molecule has 1 amide bonds. The lowest BCUT2D eigenvalue weighted by Crippen LogP contribution is -2.42. The highest BCUT2D eigenvalue weighted by atomic mass is 32.1. The first-order chi connectivity index (χ1) is 9.47. The second kappa shape index (κ2) is 6.31. The highest BCUT2D eigenvalue weighted by molar-refractivity contribution is 7.18. The van der Waals surface area contributed by atoms with Crippen LogP contribution in [0.2, 0.25) is 0 Å². The third-order valence-electron chi connectivity index (χ3n) is 2.99. The molecule has 1 unspecified atom stereocenters. The Labute approximate surface area is 119 Å². The van der Waals surface area contributed by atoms with Gasteiger partial charge in [-0.05, 0) is 12.8 Å². The number of nitrogens with zero attached hydrogens (tertiary/aromatic N) is 2. The largest absolute Gasteiger partial charge is 0.382 e. The van der Waals surface area contributed by atoms with Crippen LogP contribution < -0.4 is 21.7 Å². The zero-order chi connectivity index (χ0) is 14.7. The lowest BCUT2D eigenvalue weighted by molar-refractivity contribution is 0.0896. The number of hydrogen-bond acceptors (Lipinski definition) is 6. The van der Waals surface area contributed by atoms with E-state index < -0.39 is 18.9 Å². The molecule has 0 spiro atoms. The summed E-state index contributed by atoms with van der Waals surface area (Å²) in [6, 6.07) is 0.0741. The highest BCUT2D eigenvalue weighted by Gasteiger charge is 2.23. The van der Waals surface area contributed by atoms with Crippen molar-refractivity contribution in [1.82, 2.24) is 10.3 Å². The van der Waals surface area contributed by atoms with E-state index in [1.165, 1.54) is 0 Å². The Kier molecular flexibility index (Phi) is 4.71. The van der Waals surface area contributed by atoms with Gasteiger partial charge in [0, 0.05) is 19.1 Å². The van der Waals surface area contributed by atoms with Crippen LogP contribution in [0, 0.1) is 0 Å². The molecule has 1 saturated heterocycles. The topological polar surface area (TPSA) is 97.3 Å².